The molecule has 3 amide bonds. The summed E-state index contributed by atoms with van der Waals surface area (Å²) in [5, 5.41) is 21.3. The maximum atomic E-state index is 12.3. The highest BCUT2D eigenvalue weighted by Gasteiger charge is 2.16. The molecule has 0 aliphatic carbocycles. The zero-order valence-electron chi connectivity index (χ0n) is 35.5. The van der Waals surface area contributed by atoms with Crippen LogP contribution in [0.5, 0.6) is 0 Å². The maximum absolute atomic E-state index is 12.3. The van der Waals surface area contributed by atoms with Crippen molar-refractivity contribution in [3.8, 4) is 0 Å². The number of carbonyl (C=O) groups excluding carboxylic acids is 3. The van der Waals surface area contributed by atoms with Gasteiger partial charge < -0.3 is 37.8 Å². The van der Waals surface area contributed by atoms with E-state index in [1.807, 2.05) is 0 Å². The van der Waals surface area contributed by atoms with Crippen LogP contribution in [-0.4, -0.2) is 67.7 Å². The summed E-state index contributed by atoms with van der Waals surface area (Å²) in [6, 6.07) is 0. The molecule has 55 heavy (non-hydrogen) atoms. The van der Waals surface area contributed by atoms with E-state index in [1.165, 1.54) is 27.9 Å². The number of nitrogens with zero attached hydrogens (tertiary/aromatic N) is 1. The number of guanidine groups is 1. The molecule has 0 fully saturated rings. The number of unbranched alkanes of at least 4 members (excludes halogenated alkanes) is 5. The van der Waals surface area contributed by atoms with E-state index in [0.717, 1.165) is 109 Å². The maximum Gasteiger partial charge on any atom is 0.269 e. The van der Waals surface area contributed by atoms with Gasteiger partial charge in [0.2, 0.25) is 18.0 Å². The van der Waals surface area contributed by atoms with E-state index in [1.54, 1.807) is 0 Å². The average molecular weight is 770 g/mol. The first-order valence-corrected chi connectivity index (χ1v) is 20.8. The Bertz CT molecular complexity index is 1260. The van der Waals surface area contributed by atoms with Crippen molar-refractivity contribution in [3.05, 3.63) is 58.2 Å². The van der Waals surface area contributed by atoms with Gasteiger partial charge in [0.25, 0.3) is 5.91 Å². The molecule has 0 rings (SSSR count). The van der Waals surface area contributed by atoms with Crippen LogP contribution in [0, 0.1) is 0 Å². The van der Waals surface area contributed by atoms with Gasteiger partial charge in [-0.3, -0.25) is 19.4 Å². The molecule has 0 aromatic heterocycles. The Labute approximate surface area is 334 Å². The van der Waals surface area contributed by atoms with Gasteiger partial charge in [-0.05, 0) is 145 Å². The summed E-state index contributed by atoms with van der Waals surface area (Å²) in [6.45, 7) is 16.3. The fourth-order valence-corrected chi connectivity index (χ4v) is 5.65. The van der Waals surface area contributed by atoms with Crippen LogP contribution in [-0.2, 0) is 14.4 Å². The van der Waals surface area contributed by atoms with Crippen molar-refractivity contribution in [1.82, 2.24) is 21.3 Å². The Hall–Kier alpha value is -3.70. The van der Waals surface area contributed by atoms with Crippen LogP contribution in [0.15, 0.2) is 63.2 Å². The van der Waals surface area contributed by atoms with E-state index in [9.17, 15) is 19.5 Å². The Kier molecular flexibility index (Phi) is 32.4. The zero-order chi connectivity index (χ0) is 41.1. The lowest BCUT2D eigenvalue weighted by atomic mass is 10.0. The van der Waals surface area contributed by atoms with Crippen molar-refractivity contribution in [2.24, 2.45) is 16.5 Å². The van der Waals surface area contributed by atoms with Crippen LogP contribution in [0.2, 0.25) is 0 Å². The molecule has 0 saturated heterocycles. The molecule has 0 aromatic rings. The van der Waals surface area contributed by atoms with E-state index < -0.39 is 12.1 Å². The second-order valence-corrected chi connectivity index (χ2v) is 15.1. The summed E-state index contributed by atoms with van der Waals surface area (Å²) >= 11 is 0. The summed E-state index contributed by atoms with van der Waals surface area (Å²) in [7, 11) is 0. The SMILES string of the molecule is CC(C)=CCC/C(C)=C/CC/C(C)=C/CC/C=C(/C)CC/C=C(\C)CCC(=O)NCCCNCCCCNC(=O)C(O)NC(=O)CCCCCCN=C(N)N. The van der Waals surface area contributed by atoms with Gasteiger partial charge in [0, 0.05) is 32.5 Å². The second-order valence-electron chi connectivity index (χ2n) is 15.1. The minimum Gasteiger partial charge on any atom is -0.370 e. The normalized spacial score (nSPS) is 12.9. The van der Waals surface area contributed by atoms with Crippen LogP contribution < -0.4 is 32.7 Å². The second kappa shape index (κ2) is 34.8. The Balaban J connectivity index is 3.85. The molecule has 11 nitrogen and oxygen atoms in total. The predicted molar refractivity (Wildman–Crippen MR) is 231 cm³/mol. The van der Waals surface area contributed by atoms with E-state index in [4.69, 9.17) is 11.5 Å². The molecule has 314 valence electrons. The number of aliphatic hydroxyl groups excluding tert-OH is 1. The number of amides is 3. The van der Waals surface area contributed by atoms with Gasteiger partial charge >= 0.3 is 0 Å². The zero-order valence-corrected chi connectivity index (χ0v) is 35.5. The standard InChI is InChI=1S/C44H79N7O4/c1-35(2)19-15-22-38(5)25-16-23-36(3)20-10-11-21-37(4)24-17-26-39(6)28-29-40(52)48-34-18-31-47-30-13-14-32-49-42(54)43(55)51-41(53)27-9-7-8-12-33-50-44(45)46/h19-21,25-26,43,47,55H,7-18,22-24,27-34H2,1-6H3,(H,48,52)(H,49,54)(H,51,53)(H4,45,46,50)/b36-20+,37-21-,38-25+,39-26+. The molecule has 11 heteroatoms. The van der Waals surface area contributed by atoms with Crippen LogP contribution in [0.25, 0.3) is 0 Å². The van der Waals surface area contributed by atoms with Gasteiger partial charge in [-0.15, -0.1) is 0 Å². The molecule has 9 N–H and O–H groups in total. The van der Waals surface area contributed by atoms with Gasteiger partial charge in [0.1, 0.15) is 0 Å². The molecule has 0 aliphatic rings. The number of hydrogen-bond donors (Lipinski definition) is 7. The number of rotatable bonds is 33. The summed E-state index contributed by atoms with van der Waals surface area (Å²) in [4.78, 5) is 40.2. The highest BCUT2D eigenvalue weighted by molar-refractivity contribution is 5.86. The van der Waals surface area contributed by atoms with Gasteiger partial charge in [-0.1, -0.05) is 71.1 Å². The number of nitrogens with two attached hydrogens (primary N) is 2. The molecule has 0 spiro atoms. The molecular weight excluding hydrogens is 691 g/mol. The topological polar surface area (TPSA) is 184 Å². The summed E-state index contributed by atoms with van der Waals surface area (Å²) in [6.07, 6.45) is 26.2. The number of allylic oxidation sites excluding steroid dienone is 10. The summed E-state index contributed by atoms with van der Waals surface area (Å²) in [5.74, 6) is -0.803. The van der Waals surface area contributed by atoms with Crippen LogP contribution in [0.3, 0.4) is 0 Å². The Morgan fingerprint density at radius 2 is 1.05 bits per heavy atom. The third kappa shape index (κ3) is 35.7. The number of nitrogens with one attached hydrogen (secondary N) is 4. The van der Waals surface area contributed by atoms with E-state index >= 15 is 0 Å². The van der Waals surface area contributed by atoms with Gasteiger partial charge in [-0.2, -0.15) is 0 Å². The smallest absolute Gasteiger partial charge is 0.269 e. The van der Waals surface area contributed by atoms with Crippen LogP contribution >= 0.6 is 0 Å². The van der Waals surface area contributed by atoms with E-state index in [2.05, 4.69) is 98.2 Å². The first-order valence-electron chi connectivity index (χ1n) is 20.8. The van der Waals surface area contributed by atoms with E-state index in [-0.39, 0.29) is 24.2 Å². The van der Waals surface area contributed by atoms with Gasteiger partial charge in [0.05, 0.1) is 0 Å². The molecule has 0 heterocycles. The molecule has 0 radical (unpaired) electrons. The molecule has 0 saturated carbocycles. The molecule has 0 aromatic carbocycles. The molecule has 0 aliphatic heterocycles. The lowest BCUT2D eigenvalue weighted by Gasteiger charge is -2.13. The minimum absolute atomic E-state index is 0.0765. The van der Waals surface area contributed by atoms with Crippen molar-refractivity contribution in [2.45, 2.75) is 163 Å². The minimum atomic E-state index is -1.55. The third-order valence-electron chi connectivity index (χ3n) is 9.14. The largest absolute Gasteiger partial charge is 0.370 e. The monoisotopic (exact) mass is 770 g/mol. The molecular formula is C44H79N7O4. The fraction of sp³-hybridized carbons (Fsp3) is 0.682. The number of aliphatic hydroxyl groups is 1. The lowest BCUT2D eigenvalue weighted by Crippen LogP contribution is -2.46. The molecule has 1 unspecified atom stereocenters. The number of hydrogen-bond acceptors (Lipinski definition) is 6. The van der Waals surface area contributed by atoms with Crippen molar-refractivity contribution in [1.29, 1.82) is 0 Å². The van der Waals surface area contributed by atoms with Crippen molar-refractivity contribution < 1.29 is 19.5 Å². The van der Waals surface area contributed by atoms with Gasteiger partial charge in [-0.25, -0.2) is 0 Å². The lowest BCUT2D eigenvalue weighted by molar-refractivity contribution is -0.136. The molecule has 1 atom stereocenters. The Morgan fingerprint density at radius 1 is 0.545 bits per heavy atom. The van der Waals surface area contributed by atoms with Crippen molar-refractivity contribution >= 4 is 23.7 Å². The number of aliphatic imine (C=N–C) groups is 1. The molecule has 0 bridgehead atoms. The summed E-state index contributed by atoms with van der Waals surface area (Å²) < 4.78 is 0. The average Bonchev–Trinajstić information content (AvgIpc) is 3.12. The first-order chi connectivity index (χ1) is 26.3. The third-order valence-corrected chi connectivity index (χ3v) is 9.14. The summed E-state index contributed by atoms with van der Waals surface area (Å²) in [5.41, 5.74) is 17.6. The fourth-order valence-electron chi connectivity index (χ4n) is 5.65. The first kappa shape index (κ1) is 51.3. The number of carbonyl (C=O) groups is 3. The van der Waals surface area contributed by atoms with Crippen molar-refractivity contribution in [2.75, 3.05) is 32.7 Å². The van der Waals surface area contributed by atoms with Crippen molar-refractivity contribution in [3.63, 3.8) is 0 Å². The van der Waals surface area contributed by atoms with Gasteiger partial charge in [0.15, 0.2) is 5.96 Å². The highest BCUT2D eigenvalue weighted by Crippen LogP contribution is 2.14. The predicted octanol–water partition coefficient (Wildman–Crippen LogP) is 7.29. The quantitative estimate of drug-likeness (QED) is 0.0120. The van der Waals surface area contributed by atoms with E-state index in [0.29, 0.717) is 32.5 Å². The Morgan fingerprint density at radius 3 is 1.65 bits per heavy atom. The van der Waals surface area contributed by atoms with Crippen LogP contribution in [0.1, 0.15) is 157 Å². The highest BCUT2D eigenvalue weighted by atomic mass is 16.3. The van der Waals surface area contributed by atoms with Crippen LogP contribution in [0.4, 0.5) is 0 Å².